The SMILES string of the molecule is Cc1cccc(-c2ccc3c(c2)B2C(=C\O)/C=C\C=C/c4cccc(c42)O3)n1.Cc1cccc(C)n1. The fourth-order valence-electron chi connectivity index (χ4n) is 4.67. The summed E-state index contributed by atoms with van der Waals surface area (Å²) in [7, 11) is 0. The number of fused-ring (bicyclic) bond motifs is 2. The second-order valence-electron chi connectivity index (χ2n) is 8.98. The molecule has 0 unspecified atom stereocenters. The molecule has 0 saturated heterocycles. The first-order chi connectivity index (χ1) is 17.5. The maximum atomic E-state index is 10.0. The van der Waals surface area contributed by atoms with Crippen LogP contribution in [0.4, 0.5) is 0 Å². The van der Waals surface area contributed by atoms with Crippen molar-refractivity contribution >= 4 is 23.7 Å². The number of aliphatic hydroxyl groups excluding tert-OH is 1. The number of aromatic nitrogens is 2. The minimum Gasteiger partial charge on any atom is -0.516 e. The summed E-state index contributed by atoms with van der Waals surface area (Å²) in [5, 5.41) is 10.0. The molecule has 2 aliphatic rings. The Morgan fingerprint density at radius 2 is 1.44 bits per heavy atom. The van der Waals surface area contributed by atoms with E-state index in [9.17, 15) is 5.11 Å². The van der Waals surface area contributed by atoms with Crippen molar-refractivity contribution in [2.45, 2.75) is 20.8 Å². The summed E-state index contributed by atoms with van der Waals surface area (Å²) in [6.45, 7) is 5.87. The van der Waals surface area contributed by atoms with Crippen LogP contribution in [0.25, 0.3) is 17.3 Å². The van der Waals surface area contributed by atoms with E-state index in [0.29, 0.717) is 0 Å². The predicted octanol–water partition coefficient (Wildman–Crippen LogP) is 6.03. The van der Waals surface area contributed by atoms with Gasteiger partial charge in [0.25, 0.3) is 6.71 Å². The van der Waals surface area contributed by atoms with Gasteiger partial charge in [0.15, 0.2) is 0 Å². The average Bonchev–Trinajstić information content (AvgIpc) is 2.86. The fraction of sp³-hybridized carbons (Fsp3) is 0.0968. The van der Waals surface area contributed by atoms with Gasteiger partial charge in [-0.3, -0.25) is 9.97 Å². The van der Waals surface area contributed by atoms with Crippen molar-refractivity contribution in [3.63, 3.8) is 0 Å². The summed E-state index contributed by atoms with van der Waals surface area (Å²) in [5.41, 5.74) is 9.15. The largest absolute Gasteiger partial charge is 0.516 e. The van der Waals surface area contributed by atoms with Gasteiger partial charge < -0.3 is 9.84 Å². The molecule has 0 spiro atoms. The van der Waals surface area contributed by atoms with Gasteiger partial charge in [0.05, 0.1) is 12.0 Å². The van der Waals surface area contributed by atoms with Crippen LogP contribution in [-0.4, -0.2) is 21.8 Å². The number of pyridine rings is 2. The van der Waals surface area contributed by atoms with Crippen LogP contribution in [0.2, 0.25) is 0 Å². The van der Waals surface area contributed by atoms with Crippen LogP contribution < -0.4 is 15.7 Å². The lowest BCUT2D eigenvalue weighted by Gasteiger charge is -2.29. The third-order valence-electron chi connectivity index (χ3n) is 6.30. The Labute approximate surface area is 212 Å². The molecule has 0 bridgehead atoms. The molecule has 5 heteroatoms. The maximum absolute atomic E-state index is 10.0. The molecule has 2 aromatic heterocycles. The third kappa shape index (κ3) is 4.73. The van der Waals surface area contributed by atoms with Crippen LogP contribution in [0, 0.1) is 20.8 Å². The number of allylic oxidation sites excluding steroid dienone is 4. The predicted molar refractivity (Wildman–Crippen MR) is 149 cm³/mol. The van der Waals surface area contributed by atoms with Crippen molar-refractivity contribution in [1.82, 2.24) is 9.97 Å². The molecule has 0 saturated carbocycles. The quantitative estimate of drug-likeness (QED) is 0.273. The monoisotopic (exact) mass is 470 g/mol. The molecule has 1 N–H and O–H groups in total. The highest BCUT2D eigenvalue weighted by atomic mass is 16.5. The van der Waals surface area contributed by atoms with Crippen molar-refractivity contribution in [3.05, 3.63) is 125 Å². The smallest absolute Gasteiger partial charge is 0.255 e. The highest BCUT2D eigenvalue weighted by Crippen LogP contribution is 2.31. The zero-order chi connectivity index (χ0) is 25.1. The molecule has 0 aliphatic carbocycles. The van der Waals surface area contributed by atoms with E-state index in [1.54, 1.807) is 0 Å². The topological polar surface area (TPSA) is 55.2 Å². The Morgan fingerprint density at radius 1 is 0.750 bits per heavy atom. The molecular formula is C31H27BN2O2. The van der Waals surface area contributed by atoms with E-state index < -0.39 is 0 Å². The molecule has 0 radical (unpaired) electrons. The van der Waals surface area contributed by atoms with Crippen LogP contribution in [-0.2, 0) is 0 Å². The summed E-state index contributed by atoms with van der Waals surface area (Å²) in [4.78, 5) is 8.84. The van der Waals surface area contributed by atoms with Crippen molar-refractivity contribution in [1.29, 1.82) is 0 Å². The first-order valence-corrected chi connectivity index (χ1v) is 12.0. The lowest BCUT2D eigenvalue weighted by molar-refractivity contribution is 0.471. The van der Waals surface area contributed by atoms with Gasteiger partial charge in [-0.1, -0.05) is 54.6 Å². The van der Waals surface area contributed by atoms with Gasteiger partial charge in [0, 0.05) is 17.1 Å². The number of hydrogen-bond donors (Lipinski definition) is 1. The van der Waals surface area contributed by atoms with Crippen molar-refractivity contribution in [2.24, 2.45) is 0 Å². The first kappa shape index (κ1) is 23.4. The maximum Gasteiger partial charge on any atom is 0.255 e. The summed E-state index contributed by atoms with van der Waals surface area (Å²) < 4.78 is 6.24. The summed E-state index contributed by atoms with van der Waals surface area (Å²) in [5.74, 6) is 1.64. The van der Waals surface area contributed by atoms with Crippen LogP contribution in [0.1, 0.15) is 22.6 Å². The zero-order valence-corrected chi connectivity index (χ0v) is 20.6. The molecule has 0 amide bonds. The van der Waals surface area contributed by atoms with E-state index in [4.69, 9.17) is 4.74 Å². The van der Waals surface area contributed by atoms with Crippen LogP contribution in [0.5, 0.6) is 11.5 Å². The van der Waals surface area contributed by atoms with Gasteiger partial charge in [0.2, 0.25) is 0 Å². The normalized spacial score (nSPS) is 15.9. The fourth-order valence-corrected chi connectivity index (χ4v) is 4.67. The second-order valence-corrected chi connectivity index (χ2v) is 8.98. The number of benzene rings is 2. The van der Waals surface area contributed by atoms with E-state index in [0.717, 1.165) is 61.8 Å². The highest BCUT2D eigenvalue weighted by molar-refractivity contribution is 6.93. The van der Waals surface area contributed by atoms with Gasteiger partial charge in [-0.05, 0) is 90.8 Å². The molecule has 176 valence electrons. The molecule has 0 fully saturated rings. The number of hydrogen-bond acceptors (Lipinski definition) is 4. The molecule has 4 nitrogen and oxygen atoms in total. The molecular weight excluding hydrogens is 443 g/mol. The van der Waals surface area contributed by atoms with Crippen LogP contribution >= 0.6 is 0 Å². The lowest BCUT2D eigenvalue weighted by atomic mass is 9.34. The van der Waals surface area contributed by atoms with Gasteiger partial charge in [0.1, 0.15) is 11.5 Å². The van der Waals surface area contributed by atoms with Crippen LogP contribution in [0.3, 0.4) is 0 Å². The average molecular weight is 470 g/mol. The summed E-state index contributed by atoms with van der Waals surface area (Å²) in [6, 6.07) is 24.3. The molecule has 4 aromatic rings. The Bertz CT molecular complexity index is 1500. The summed E-state index contributed by atoms with van der Waals surface area (Å²) in [6.07, 6.45) is 9.18. The molecule has 0 atom stereocenters. The van der Waals surface area contributed by atoms with E-state index in [-0.39, 0.29) is 6.71 Å². The molecule has 2 aliphatic heterocycles. The van der Waals surface area contributed by atoms with Gasteiger partial charge in [-0.25, -0.2) is 0 Å². The van der Waals surface area contributed by atoms with Crippen molar-refractivity contribution in [2.75, 3.05) is 0 Å². The highest BCUT2D eigenvalue weighted by Gasteiger charge is 2.35. The van der Waals surface area contributed by atoms with Crippen molar-refractivity contribution < 1.29 is 9.84 Å². The minimum atomic E-state index is -0.106. The number of nitrogens with zero attached hydrogens (tertiary/aromatic N) is 2. The zero-order valence-electron chi connectivity index (χ0n) is 20.6. The molecule has 6 rings (SSSR count). The molecule has 2 aromatic carbocycles. The second kappa shape index (κ2) is 10.1. The van der Waals surface area contributed by atoms with Crippen LogP contribution in [0.15, 0.2) is 103 Å². The molecule has 36 heavy (non-hydrogen) atoms. The van der Waals surface area contributed by atoms with Crippen molar-refractivity contribution in [3.8, 4) is 22.8 Å². The van der Waals surface area contributed by atoms with Gasteiger partial charge in [-0.2, -0.15) is 0 Å². The molecule has 4 heterocycles. The first-order valence-electron chi connectivity index (χ1n) is 12.0. The number of aryl methyl sites for hydroxylation is 3. The number of ether oxygens (including phenoxy) is 1. The van der Waals surface area contributed by atoms with E-state index in [1.165, 1.54) is 6.26 Å². The third-order valence-corrected chi connectivity index (χ3v) is 6.30. The van der Waals surface area contributed by atoms with Gasteiger partial charge >= 0.3 is 0 Å². The Morgan fingerprint density at radius 3 is 2.14 bits per heavy atom. The Kier molecular flexibility index (Phi) is 6.55. The Hall–Kier alpha value is -4.38. The van der Waals surface area contributed by atoms with Gasteiger partial charge in [-0.15, -0.1) is 0 Å². The minimum absolute atomic E-state index is 0.106. The summed E-state index contributed by atoms with van der Waals surface area (Å²) >= 11 is 0. The number of rotatable bonds is 1. The van der Waals surface area contributed by atoms with E-state index >= 15 is 0 Å². The van der Waals surface area contributed by atoms with E-state index in [2.05, 4.69) is 28.2 Å². The number of aliphatic hydroxyl groups is 1. The Balaban J connectivity index is 0.000000286. The van der Waals surface area contributed by atoms with E-state index in [1.807, 2.05) is 99.7 Å². The standard InChI is InChI=1S/C24H18BNO2.C7H9N/c1-16-6-4-10-21(26-16)18-12-13-22-20(14-18)25-19(15-27)9-3-2-7-17-8-5-11-23(28-22)24(17)25;1-6-4-3-5-7(2)8-6/h2-15,27H,1H3;3-5H,1-2H3/b7-2-,9-3-,19-15-;. The lowest BCUT2D eigenvalue weighted by Crippen LogP contribution is -2.49.